The average molecular weight is 874 g/mol. The van der Waals surface area contributed by atoms with Gasteiger partial charge in [0.2, 0.25) is 0 Å². The van der Waals surface area contributed by atoms with Crippen molar-refractivity contribution in [2.24, 2.45) is 0 Å². The largest absolute Gasteiger partial charge is 0.330 e. The van der Waals surface area contributed by atoms with Crippen LogP contribution in [-0.2, 0) is 26.2 Å². The van der Waals surface area contributed by atoms with Crippen molar-refractivity contribution in [3.8, 4) is 23.0 Å². The second-order valence-corrected chi connectivity index (χ2v) is 14.1. The van der Waals surface area contributed by atoms with Crippen molar-refractivity contribution in [1.29, 1.82) is 0 Å². The highest BCUT2D eigenvalue weighted by Gasteiger charge is 2.24. The molecule has 8 rings (SSSR count). The Labute approximate surface area is 339 Å². The fourth-order valence-electron chi connectivity index (χ4n) is 6.49. The molecule has 20 heteroatoms. The zero-order valence-electron chi connectivity index (χ0n) is 31.2. The number of hydrogen-bond acceptors (Lipinski definition) is 10. The highest BCUT2D eigenvalue weighted by Crippen LogP contribution is 2.27. The van der Waals surface area contributed by atoms with Crippen molar-refractivity contribution in [2.45, 2.75) is 53.9 Å². The van der Waals surface area contributed by atoms with E-state index in [1.807, 2.05) is 0 Å². The van der Waals surface area contributed by atoms with Crippen LogP contribution in [0.25, 0.3) is 45.4 Å². The molecule has 8 aromatic rings. The lowest BCUT2D eigenvalue weighted by Crippen LogP contribution is -2.30. The van der Waals surface area contributed by atoms with Crippen molar-refractivity contribution < 1.29 is 8.78 Å². The summed E-state index contributed by atoms with van der Waals surface area (Å²) in [5.41, 5.74) is 2.38. The van der Waals surface area contributed by atoms with Gasteiger partial charge in [-0.2, -0.15) is 0 Å². The molecule has 0 saturated heterocycles. The maximum Gasteiger partial charge on any atom is 0.330 e. The standard InChI is InChI=1S/C19H16BrFN6O2.C19H16ClFN6O2/c2*1-3-26-17-15(18(28)25-19(26)29)27(9-11-4-6-12(21)7-5-11)16(24-17)14-10(2)23-13(20)8-22-14/h2*4-8H,3,9H2,1-2H3,(H,25,28,29). The molecule has 2 N–H and O–H groups in total. The first-order chi connectivity index (χ1) is 27.8. The van der Waals surface area contributed by atoms with Crippen LogP contribution in [0.1, 0.15) is 36.4 Å². The van der Waals surface area contributed by atoms with Gasteiger partial charge in [0.15, 0.2) is 34.0 Å². The fourth-order valence-corrected chi connectivity index (χ4v) is 7.04. The van der Waals surface area contributed by atoms with Crippen LogP contribution in [0.4, 0.5) is 8.78 Å². The van der Waals surface area contributed by atoms with Gasteiger partial charge in [-0.05, 0) is 79.0 Å². The zero-order valence-corrected chi connectivity index (χ0v) is 33.6. The van der Waals surface area contributed by atoms with Gasteiger partial charge in [-0.25, -0.2) is 48.3 Å². The van der Waals surface area contributed by atoms with Gasteiger partial charge >= 0.3 is 11.4 Å². The third-order valence-corrected chi connectivity index (χ3v) is 9.73. The van der Waals surface area contributed by atoms with E-state index in [9.17, 15) is 28.0 Å². The van der Waals surface area contributed by atoms with Gasteiger partial charge in [0.1, 0.15) is 32.8 Å². The molecule has 0 aliphatic heterocycles. The van der Waals surface area contributed by atoms with Crippen molar-refractivity contribution in [3.05, 3.63) is 147 Å². The quantitative estimate of drug-likeness (QED) is 0.207. The van der Waals surface area contributed by atoms with Gasteiger partial charge in [-0.3, -0.25) is 28.7 Å². The number of hydrogen-bond donors (Lipinski definition) is 2. The van der Waals surface area contributed by atoms with Gasteiger partial charge in [0.05, 0.1) is 23.8 Å². The highest BCUT2D eigenvalue weighted by atomic mass is 79.9. The van der Waals surface area contributed by atoms with E-state index in [1.165, 1.54) is 39.6 Å². The van der Waals surface area contributed by atoms with Crippen LogP contribution in [0.2, 0.25) is 5.15 Å². The first-order valence-corrected chi connectivity index (χ1v) is 18.9. The summed E-state index contributed by atoms with van der Waals surface area (Å²) in [6, 6.07) is 11.9. The summed E-state index contributed by atoms with van der Waals surface area (Å²) >= 11 is 9.21. The minimum atomic E-state index is -0.560. The number of halogens is 4. The second kappa shape index (κ2) is 16.2. The Morgan fingerprint density at radius 1 is 0.621 bits per heavy atom. The molecule has 0 spiro atoms. The fraction of sp³-hybridized carbons (Fsp3) is 0.211. The minimum Gasteiger partial charge on any atom is -0.312 e. The number of nitrogens with zero attached hydrogens (tertiary/aromatic N) is 10. The predicted octanol–water partition coefficient (Wildman–Crippen LogP) is 5.13. The van der Waals surface area contributed by atoms with Crippen LogP contribution in [0, 0.1) is 25.5 Å². The Balaban J connectivity index is 0.000000177. The van der Waals surface area contributed by atoms with Crippen LogP contribution < -0.4 is 22.5 Å². The number of aromatic amines is 2. The lowest BCUT2D eigenvalue weighted by Gasteiger charge is -2.10. The van der Waals surface area contributed by atoms with Crippen molar-refractivity contribution in [3.63, 3.8) is 0 Å². The molecule has 2 aromatic carbocycles. The molecule has 0 aliphatic rings. The lowest BCUT2D eigenvalue weighted by molar-refractivity contribution is 0.626. The molecule has 58 heavy (non-hydrogen) atoms. The summed E-state index contributed by atoms with van der Waals surface area (Å²) in [5.74, 6) is 0.0581. The van der Waals surface area contributed by atoms with Crippen LogP contribution in [-0.4, -0.2) is 58.1 Å². The number of imidazole rings is 2. The Morgan fingerprint density at radius 3 is 1.43 bits per heavy atom. The summed E-state index contributed by atoms with van der Waals surface area (Å²) in [6.45, 7) is 8.22. The molecule has 0 atom stereocenters. The predicted molar refractivity (Wildman–Crippen MR) is 216 cm³/mol. The van der Waals surface area contributed by atoms with E-state index in [0.717, 1.165) is 11.1 Å². The van der Waals surface area contributed by atoms with E-state index in [4.69, 9.17) is 11.6 Å². The molecule has 0 radical (unpaired) electrons. The topological polar surface area (TPSA) is 197 Å². The average Bonchev–Trinajstić information content (AvgIpc) is 3.73. The monoisotopic (exact) mass is 872 g/mol. The Hall–Kier alpha value is -6.47. The number of aromatic nitrogens is 12. The van der Waals surface area contributed by atoms with E-state index in [0.29, 0.717) is 52.1 Å². The molecule has 0 saturated carbocycles. The minimum absolute atomic E-state index is 0.223. The number of nitrogens with one attached hydrogen (secondary N) is 2. The van der Waals surface area contributed by atoms with Crippen molar-refractivity contribution >= 4 is 49.9 Å². The Bertz CT molecular complexity index is 2890. The summed E-state index contributed by atoms with van der Waals surface area (Å²) < 4.78 is 33.3. The molecular formula is C38H32BrClF2N12O4. The second-order valence-electron chi connectivity index (χ2n) is 12.9. The number of fused-ring (bicyclic) bond motifs is 2. The maximum absolute atomic E-state index is 13.3. The molecular weight excluding hydrogens is 842 g/mol. The Kier molecular flexibility index (Phi) is 11.1. The van der Waals surface area contributed by atoms with E-state index < -0.39 is 22.5 Å². The molecule has 0 fully saturated rings. The van der Waals surface area contributed by atoms with Crippen LogP contribution in [0.3, 0.4) is 0 Å². The van der Waals surface area contributed by atoms with Gasteiger partial charge in [-0.1, -0.05) is 35.9 Å². The lowest BCUT2D eigenvalue weighted by atomic mass is 10.2. The van der Waals surface area contributed by atoms with E-state index in [1.54, 1.807) is 67.3 Å². The summed E-state index contributed by atoms with van der Waals surface area (Å²) in [4.78, 5) is 81.0. The third kappa shape index (κ3) is 7.64. The third-order valence-electron chi connectivity index (χ3n) is 9.17. The van der Waals surface area contributed by atoms with Crippen LogP contribution in [0.5, 0.6) is 0 Å². The normalized spacial score (nSPS) is 11.3. The molecule has 16 nitrogen and oxygen atoms in total. The van der Waals surface area contributed by atoms with Crippen LogP contribution >= 0.6 is 27.5 Å². The number of H-pyrrole nitrogens is 2. The summed E-state index contributed by atoms with van der Waals surface area (Å²) in [5, 5.41) is 0.232. The molecule has 0 amide bonds. The summed E-state index contributed by atoms with van der Waals surface area (Å²) in [7, 11) is 0. The molecule has 6 heterocycles. The molecule has 0 bridgehead atoms. The van der Waals surface area contributed by atoms with Crippen LogP contribution in [0.15, 0.2) is 84.7 Å². The molecule has 6 aromatic heterocycles. The molecule has 0 aliphatic carbocycles. The number of rotatable bonds is 8. The summed E-state index contributed by atoms with van der Waals surface area (Å²) in [6.07, 6.45) is 2.93. The smallest absolute Gasteiger partial charge is 0.312 e. The van der Waals surface area contributed by atoms with E-state index in [2.05, 4.69) is 55.8 Å². The Morgan fingerprint density at radius 2 is 1.03 bits per heavy atom. The zero-order chi connectivity index (χ0) is 41.4. The van der Waals surface area contributed by atoms with Gasteiger partial charge < -0.3 is 9.13 Å². The highest BCUT2D eigenvalue weighted by molar-refractivity contribution is 9.10. The first kappa shape index (κ1) is 39.8. The van der Waals surface area contributed by atoms with Gasteiger partial charge in [-0.15, -0.1) is 0 Å². The van der Waals surface area contributed by atoms with Gasteiger partial charge in [0, 0.05) is 26.2 Å². The molecule has 296 valence electrons. The van der Waals surface area contributed by atoms with E-state index in [-0.39, 0.29) is 52.2 Å². The SMILES string of the molecule is CCn1c(=O)[nH]c(=O)c2c1nc(-c1ncc(Br)nc1C)n2Cc1ccc(F)cc1.CCn1c(=O)[nH]c(=O)c2c1nc(-c1ncc(Cl)nc1C)n2Cc1ccc(F)cc1. The van der Waals surface area contributed by atoms with E-state index >= 15 is 0 Å². The van der Waals surface area contributed by atoms with Gasteiger partial charge in [0.25, 0.3) is 11.1 Å². The van der Waals surface area contributed by atoms with Crippen molar-refractivity contribution in [1.82, 2.24) is 58.1 Å². The first-order valence-electron chi connectivity index (χ1n) is 17.7. The number of aryl methyl sites for hydroxylation is 4. The molecule has 0 unspecified atom stereocenters. The number of benzene rings is 2. The van der Waals surface area contributed by atoms with Crippen molar-refractivity contribution in [2.75, 3.05) is 0 Å². The maximum atomic E-state index is 13.3.